The molecule has 0 saturated carbocycles. The van der Waals surface area contributed by atoms with E-state index in [-0.39, 0.29) is 11.5 Å². The highest BCUT2D eigenvalue weighted by Crippen LogP contribution is 2.22. The van der Waals surface area contributed by atoms with Gasteiger partial charge in [0.1, 0.15) is 0 Å². The minimum atomic E-state index is -0.261. The largest absolute Gasteiger partial charge is 0.337 e. The average Bonchev–Trinajstić information content (AvgIpc) is 2.60. The molecule has 1 saturated heterocycles. The Balaban J connectivity index is 1.77. The predicted octanol–water partition coefficient (Wildman–Crippen LogP) is 1.38. The molecule has 1 aliphatic heterocycles. The Morgan fingerprint density at radius 3 is 2.70 bits per heavy atom. The van der Waals surface area contributed by atoms with Gasteiger partial charge in [-0.25, -0.2) is 5.10 Å². The molecular formula is C17H22N4O2. The van der Waals surface area contributed by atoms with Crippen molar-refractivity contribution in [3.05, 3.63) is 40.3 Å². The molecule has 2 N–H and O–H groups in total. The summed E-state index contributed by atoms with van der Waals surface area (Å²) in [6, 6.07) is 7.12. The zero-order valence-corrected chi connectivity index (χ0v) is 13.3. The molecule has 3 rings (SSSR count). The molecule has 0 spiro atoms. The standard InChI is InChI=1S/C17H22N4O2/c1-18-9-6-12-7-10-21(11-8-12)17(23)15-13-4-2-3-5-14(13)16(22)20-19-15/h2-5,12,18H,6-11H2,1H3,(H,20,22). The number of hydrogen-bond acceptors (Lipinski definition) is 4. The summed E-state index contributed by atoms with van der Waals surface area (Å²) in [5.74, 6) is 0.580. The van der Waals surface area contributed by atoms with Crippen LogP contribution in [-0.2, 0) is 0 Å². The van der Waals surface area contributed by atoms with Crippen molar-refractivity contribution in [3.63, 3.8) is 0 Å². The van der Waals surface area contributed by atoms with Crippen LogP contribution in [0.25, 0.3) is 10.8 Å². The maximum atomic E-state index is 12.8. The number of rotatable bonds is 4. The van der Waals surface area contributed by atoms with Crippen LogP contribution in [0.2, 0.25) is 0 Å². The molecule has 0 unspecified atom stereocenters. The van der Waals surface area contributed by atoms with Gasteiger partial charge in [0.05, 0.1) is 5.39 Å². The van der Waals surface area contributed by atoms with Crippen LogP contribution in [0.15, 0.2) is 29.1 Å². The molecule has 2 heterocycles. The van der Waals surface area contributed by atoms with Crippen LogP contribution >= 0.6 is 0 Å². The molecule has 0 bridgehead atoms. The first-order valence-electron chi connectivity index (χ1n) is 8.12. The quantitative estimate of drug-likeness (QED) is 0.894. The minimum Gasteiger partial charge on any atom is -0.337 e. The number of carbonyl (C=O) groups is 1. The van der Waals surface area contributed by atoms with E-state index in [1.807, 2.05) is 18.0 Å². The van der Waals surface area contributed by atoms with Gasteiger partial charge < -0.3 is 10.2 Å². The number of nitrogens with zero attached hydrogens (tertiary/aromatic N) is 2. The monoisotopic (exact) mass is 314 g/mol. The highest BCUT2D eigenvalue weighted by molar-refractivity contribution is 6.04. The second kappa shape index (κ2) is 6.91. The Labute approximate surface area is 134 Å². The highest BCUT2D eigenvalue weighted by atomic mass is 16.2. The van der Waals surface area contributed by atoms with Crippen LogP contribution < -0.4 is 10.9 Å². The van der Waals surface area contributed by atoms with Gasteiger partial charge in [-0.05, 0) is 44.8 Å². The average molecular weight is 314 g/mol. The Morgan fingerprint density at radius 2 is 2.00 bits per heavy atom. The second-order valence-corrected chi connectivity index (χ2v) is 6.07. The number of benzene rings is 1. The third-order valence-corrected chi connectivity index (χ3v) is 4.60. The number of nitrogens with one attached hydrogen (secondary N) is 2. The molecule has 0 atom stereocenters. The van der Waals surface area contributed by atoms with Crippen molar-refractivity contribution in [2.45, 2.75) is 19.3 Å². The lowest BCUT2D eigenvalue weighted by atomic mass is 9.93. The van der Waals surface area contributed by atoms with Gasteiger partial charge in [-0.3, -0.25) is 9.59 Å². The molecular weight excluding hydrogens is 292 g/mol. The molecule has 0 radical (unpaired) electrons. The lowest BCUT2D eigenvalue weighted by Crippen LogP contribution is -2.39. The van der Waals surface area contributed by atoms with E-state index in [2.05, 4.69) is 15.5 Å². The molecule has 1 aliphatic rings. The van der Waals surface area contributed by atoms with Gasteiger partial charge in [0.15, 0.2) is 5.69 Å². The van der Waals surface area contributed by atoms with Crippen molar-refractivity contribution in [1.82, 2.24) is 20.4 Å². The molecule has 0 aliphatic carbocycles. The van der Waals surface area contributed by atoms with Crippen LogP contribution in [0.1, 0.15) is 29.8 Å². The van der Waals surface area contributed by atoms with E-state index in [0.29, 0.717) is 22.4 Å². The number of hydrogen-bond donors (Lipinski definition) is 2. The van der Waals surface area contributed by atoms with Crippen molar-refractivity contribution in [2.75, 3.05) is 26.7 Å². The van der Waals surface area contributed by atoms with Crippen LogP contribution in [-0.4, -0.2) is 47.7 Å². The van der Waals surface area contributed by atoms with E-state index in [9.17, 15) is 9.59 Å². The van der Waals surface area contributed by atoms with E-state index in [1.54, 1.807) is 18.2 Å². The molecule has 1 fully saturated rings. The fraction of sp³-hybridized carbons (Fsp3) is 0.471. The Hall–Kier alpha value is -2.21. The van der Waals surface area contributed by atoms with Crippen molar-refractivity contribution in [3.8, 4) is 0 Å². The van der Waals surface area contributed by atoms with Crippen LogP contribution in [0.3, 0.4) is 0 Å². The topological polar surface area (TPSA) is 78.1 Å². The summed E-state index contributed by atoms with van der Waals surface area (Å²) in [4.78, 5) is 26.4. The van der Waals surface area contributed by atoms with E-state index in [1.165, 1.54) is 0 Å². The number of H-pyrrole nitrogens is 1. The normalized spacial score (nSPS) is 16.0. The maximum Gasteiger partial charge on any atom is 0.274 e. The van der Waals surface area contributed by atoms with E-state index >= 15 is 0 Å². The number of aromatic nitrogens is 2. The van der Waals surface area contributed by atoms with Gasteiger partial charge in [0.25, 0.3) is 11.5 Å². The number of piperidine rings is 1. The first kappa shape index (κ1) is 15.7. The molecule has 2 aromatic rings. The molecule has 6 nitrogen and oxygen atoms in total. The maximum absolute atomic E-state index is 12.8. The van der Waals surface area contributed by atoms with Crippen molar-refractivity contribution in [2.24, 2.45) is 5.92 Å². The van der Waals surface area contributed by atoms with Crippen molar-refractivity contribution >= 4 is 16.7 Å². The molecule has 122 valence electrons. The molecule has 1 aromatic carbocycles. The number of aromatic amines is 1. The first-order chi connectivity index (χ1) is 11.2. The van der Waals surface area contributed by atoms with E-state index in [0.717, 1.165) is 38.9 Å². The number of carbonyl (C=O) groups excluding carboxylic acids is 1. The summed E-state index contributed by atoms with van der Waals surface area (Å²) in [6.07, 6.45) is 3.20. The number of fused-ring (bicyclic) bond motifs is 1. The number of likely N-dealkylation sites (tertiary alicyclic amines) is 1. The number of amides is 1. The van der Waals surface area contributed by atoms with Crippen molar-refractivity contribution in [1.29, 1.82) is 0 Å². The Kier molecular flexibility index (Phi) is 4.71. The SMILES string of the molecule is CNCCC1CCN(C(=O)c2n[nH]c(=O)c3ccccc23)CC1. The van der Waals surface area contributed by atoms with Gasteiger partial charge in [-0.2, -0.15) is 5.10 Å². The summed E-state index contributed by atoms with van der Waals surface area (Å²) < 4.78 is 0. The summed E-state index contributed by atoms with van der Waals surface area (Å²) in [6.45, 7) is 2.52. The van der Waals surface area contributed by atoms with E-state index < -0.39 is 0 Å². The van der Waals surface area contributed by atoms with Crippen LogP contribution in [0.4, 0.5) is 0 Å². The lowest BCUT2D eigenvalue weighted by Gasteiger charge is -2.31. The highest BCUT2D eigenvalue weighted by Gasteiger charge is 2.25. The predicted molar refractivity (Wildman–Crippen MR) is 89.5 cm³/mol. The molecule has 6 heteroatoms. The lowest BCUT2D eigenvalue weighted by molar-refractivity contribution is 0.0682. The summed E-state index contributed by atoms with van der Waals surface area (Å²) in [7, 11) is 1.96. The van der Waals surface area contributed by atoms with Crippen molar-refractivity contribution < 1.29 is 4.79 Å². The van der Waals surface area contributed by atoms with E-state index in [4.69, 9.17) is 0 Å². The zero-order valence-electron chi connectivity index (χ0n) is 13.3. The fourth-order valence-corrected chi connectivity index (χ4v) is 3.20. The smallest absolute Gasteiger partial charge is 0.274 e. The van der Waals surface area contributed by atoms with Gasteiger partial charge in [0, 0.05) is 18.5 Å². The molecule has 23 heavy (non-hydrogen) atoms. The van der Waals surface area contributed by atoms with Gasteiger partial charge in [0.2, 0.25) is 0 Å². The molecule has 1 aromatic heterocycles. The zero-order chi connectivity index (χ0) is 16.2. The third-order valence-electron chi connectivity index (χ3n) is 4.60. The Bertz CT molecular complexity index is 748. The fourth-order valence-electron chi connectivity index (χ4n) is 3.20. The van der Waals surface area contributed by atoms with Gasteiger partial charge >= 0.3 is 0 Å². The summed E-state index contributed by atoms with van der Waals surface area (Å²) >= 11 is 0. The Morgan fingerprint density at radius 1 is 1.30 bits per heavy atom. The van der Waals surface area contributed by atoms with Gasteiger partial charge in [-0.15, -0.1) is 0 Å². The summed E-state index contributed by atoms with van der Waals surface area (Å²) in [5.41, 5.74) is 0.0804. The van der Waals surface area contributed by atoms with Crippen LogP contribution in [0.5, 0.6) is 0 Å². The van der Waals surface area contributed by atoms with Crippen LogP contribution in [0, 0.1) is 5.92 Å². The molecule has 1 amide bonds. The third kappa shape index (κ3) is 3.27. The summed E-state index contributed by atoms with van der Waals surface area (Å²) in [5, 5.41) is 10.8. The minimum absolute atomic E-state index is 0.0930. The second-order valence-electron chi connectivity index (χ2n) is 6.07. The van der Waals surface area contributed by atoms with Gasteiger partial charge in [-0.1, -0.05) is 18.2 Å². The first-order valence-corrected chi connectivity index (χ1v) is 8.12.